The van der Waals surface area contributed by atoms with E-state index in [0.717, 1.165) is 25.2 Å². The van der Waals surface area contributed by atoms with Crippen LogP contribution in [0, 0.1) is 0 Å². The highest BCUT2D eigenvalue weighted by Crippen LogP contribution is 2.23. The van der Waals surface area contributed by atoms with Gasteiger partial charge in [0.15, 0.2) is 5.90 Å². The quantitative estimate of drug-likeness (QED) is 0.694. The van der Waals surface area contributed by atoms with Crippen LogP contribution in [0.4, 0.5) is 0 Å². The number of aromatic nitrogens is 1. The fraction of sp³-hybridized carbons (Fsp3) is 0.286. The van der Waals surface area contributed by atoms with Crippen LogP contribution in [-0.4, -0.2) is 23.1 Å². The van der Waals surface area contributed by atoms with Gasteiger partial charge < -0.3 is 9.30 Å². The van der Waals surface area contributed by atoms with Crippen LogP contribution in [0.25, 0.3) is 10.9 Å². The molecule has 0 saturated carbocycles. The van der Waals surface area contributed by atoms with Crippen molar-refractivity contribution >= 4 is 16.8 Å². The smallest absolute Gasteiger partial charge is 0.183 e. The molecule has 3 heteroatoms. The van der Waals surface area contributed by atoms with Crippen molar-refractivity contribution in [1.29, 1.82) is 0 Å². The Balaban J connectivity index is 1.43. The lowest BCUT2D eigenvalue weighted by molar-refractivity contribution is 0.309. The van der Waals surface area contributed by atoms with Crippen LogP contribution in [0.3, 0.4) is 0 Å². The lowest BCUT2D eigenvalue weighted by Gasteiger charge is -2.03. The summed E-state index contributed by atoms with van der Waals surface area (Å²) in [4.78, 5) is 4.80. The molecule has 0 unspecified atom stereocenters. The molecular formula is C21H22N2O. The van der Waals surface area contributed by atoms with Crippen LogP contribution in [0.15, 0.2) is 65.8 Å². The summed E-state index contributed by atoms with van der Waals surface area (Å²) >= 11 is 0. The number of ether oxygens (including phenoxy) is 1. The van der Waals surface area contributed by atoms with E-state index in [1.54, 1.807) is 0 Å². The van der Waals surface area contributed by atoms with Gasteiger partial charge in [-0.2, -0.15) is 0 Å². The largest absolute Gasteiger partial charge is 0.479 e. The van der Waals surface area contributed by atoms with Gasteiger partial charge in [0.05, 0.1) is 6.04 Å². The highest BCUT2D eigenvalue weighted by molar-refractivity contribution is 5.84. The van der Waals surface area contributed by atoms with Crippen LogP contribution >= 0.6 is 0 Å². The minimum Gasteiger partial charge on any atom is -0.479 e. The molecule has 0 amide bonds. The van der Waals surface area contributed by atoms with Crippen molar-refractivity contribution in [2.45, 2.75) is 25.3 Å². The molecule has 0 fully saturated rings. The van der Waals surface area contributed by atoms with Gasteiger partial charge in [0.1, 0.15) is 6.61 Å². The summed E-state index contributed by atoms with van der Waals surface area (Å²) in [6.07, 6.45) is 5.04. The predicted molar refractivity (Wildman–Crippen MR) is 98.6 cm³/mol. The van der Waals surface area contributed by atoms with Crippen molar-refractivity contribution in [1.82, 2.24) is 4.57 Å². The van der Waals surface area contributed by atoms with E-state index in [-0.39, 0.29) is 6.04 Å². The first-order chi connectivity index (χ1) is 11.8. The van der Waals surface area contributed by atoms with E-state index >= 15 is 0 Å². The standard InChI is InChI=1S/C21H22N2O/c1-23-14-17(19-9-5-6-10-20(19)23)13-18-15-24-21(22-18)12-11-16-7-3-2-4-8-16/h2-10,14,18H,11-13,15H2,1H3/t18-/m0/s1. The molecule has 1 aliphatic rings. The minimum atomic E-state index is 0.238. The zero-order chi connectivity index (χ0) is 16.4. The average Bonchev–Trinajstić information content (AvgIpc) is 3.20. The summed E-state index contributed by atoms with van der Waals surface area (Å²) in [5.41, 5.74) is 3.97. The van der Waals surface area contributed by atoms with Crippen LogP contribution < -0.4 is 0 Å². The van der Waals surface area contributed by atoms with Crippen molar-refractivity contribution in [2.75, 3.05) is 6.61 Å². The summed E-state index contributed by atoms with van der Waals surface area (Å²) in [6.45, 7) is 0.702. The van der Waals surface area contributed by atoms with E-state index in [0.29, 0.717) is 6.61 Å². The molecule has 4 rings (SSSR count). The number of aliphatic imine (C=N–C) groups is 1. The Hall–Kier alpha value is -2.55. The highest BCUT2D eigenvalue weighted by atomic mass is 16.5. The van der Waals surface area contributed by atoms with Crippen molar-refractivity contribution in [2.24, 2.45) is 12.0 Å². The van der Waals surface area contributed by atoms with E-state index in [9.17, 15) is 0 Å². The minimum absolute atomic E-state index is 0.238. The van der Waals surface area contributed by atoms with Gasteiger partial charge in [0.25, 0.3) is 0 Å². The molecule has 0 aliphatic carbocycles. The van der Waals surface area contributed by atoms with Gasteiger partial charge in [0, 0.05) is 37.0 Å². The van der Waals surface area contributed by atoms with Crippen molar-refractivity contribution in [3.8, 4) is 0 Å². The summed E-state index contributed by atoms with van der Waals surface area (Å²) in [6, 6.07) is 19.3. The number of hydrogen-bond donors (Lipinski definition) is 0. The maximum atomic E-state index is 5.82. The van der Waals surface area contributed by atoms with E-state index in [1.165, 1.54) is 22.0 Å². The van der Waals surface area contributed by atoms with Gasteiger partial charge in [-0.15, -0.1) is 0 Å². The molecule has 1 atom stereocenters. The topological polar surface area (TPSA) is 26.5 Å². The Morgan fingerprint density at radius 1 is 1.04 bits per heavy atom. The maximum Gasteiger partial charge on any atom is 0.183 e. The highest BCUT2D eigenvalue weighted by Gasteiger charge is 2.20. The van der Waals surface area contributed by atoms with Crippen LogP contribution in [0.5, 0.6) is 0 Å². The zero-order valence-corrected chi connectivity index (χ0v) is 14.0. The molecule has 1 aliphatic heterocycles. The van der Waals surface area contributed by atoms with E-state index in [2.05, 4.69) is 66.3 Å². The predicted octanol–water partition coefficient (Wildman–Crippen LogP) is 4.15. The molecule has 3 aromatic rings. The third-order valence-electron chi connectivity index (χ3n) is 4.67. The fourth-order valence-corrected chi connectivity index (χ4v) is 3.45. The summed E-state index contributed by atoms with van der Waals surface area (Å²) in [7, 11) is 2.10. The Bertz CT molecular complexity index is 864. The molecule has 0 saturated heterocycles. The van der Waals surface area contributed by atoms with Gasteiger partial charge in [-0.25, -0.2) is 4.99 Å². The van der Waals surface area contributed by atoms with E-state index < -0.39 is 0 Å². The van der Waals surface area contributed by atoms with Crippen LogP contribution in [0.1, 0.15) is 17.5 Å². The first-order valence-electron chi connectivity index (χ1n) is 8.56. The molecule has 3 nitrogen and oxygen atoms in total. The molecule has 122 valence electrons. The Labute approximate surface area is 142 Å². The average molecular weight is 318 g/mol. The first-order valence-corrected chi connectivity index (χ1v) is 8.56. The molecule has 0 spiro atoms. The molecule has 1 aromatic heterocycles. The maximum absolute atomic E-state index is 5.82. The SMILES string of the molecule is Cn1cc(C[C@H]2COC(CCc3ccccc3)=N2)c2ccccc21. The zero-order valence-electron chi connectivity index (χ0n) is 14.0. The lowest BCUT2D eigenvalue weighted by Crippen LogP contribution is -2.09. The second kappa shape index (κ2) is 6.52. The number of fused-ring (bicyclic) bond motifs is 1. The molecule has 24 heavy (non-hydrogen) atoms. The van der Waals surface area contributed by atoms with Crippen molar-refractivity contribution in [3.05, 3.63) is 71.9 Å². The van der Waals surface area contributed by atoms with Crippen LogP contribution in [-0.2, 0) is 24.6 Å². The molecule has 0 N–H and O–H groups in total. The molecule has 2 heterocycles. The normalized spacial score (nSPS) is 17.0. The van der Waals surface area contributed by atoms with E-state index in [4.69, 9.17) is 9.73 Å². The summed E-state index contributed by atoms with van der Waals surface area (Å²) in [5, 5.41) is 1.33. The molecule has 0 bridgehead atoms. The second-order valence-electron chi connectivity index (χ2n) is 6.46. The molecule has 0 radical (unpaired) electrons. The number of hydrogen-bond acceptors (Lipinski definition) is 2. The van der Waals surface area contributed by atoms with Gasteiger partial charge in [-0.05, 0) is 23.6 Å². The number of para-hydroxylation sites is 1. The third-order valence-corrected chi connectivity index (χ3v) is 4.67. The Morgan fingerprint density at radius 3 is 2.71 bits per heavy atom. The fourth-order valence-electron chi connectivity index (χ4n) is 3.45. The Kier molecular flexibility index (Phi) is 4.08. The van der Waals surface area contributed by atoms with Gasteiger partial charge in [-0.3, -0.25) is 0 Å². The van der Waals surface area contributed by atoms with Crippen molar-refractivity contribution < 1.29 is 4.74 Å². The monoisotopic (exact) mass is 318 g/mol. The summed E-state index contributed by atoms with van der Waals surface area (Å²) < 4.78 is 8.02. The van der Waals surface area contributed by atoms with Crippen LogP contribution in [0.2, 0.25) is 0 Å². The van der Waals surface area contributed by atoms with Gasteiger partial charge >= 0.3 is 0 Å². The summed E-state index contributed by atoms with van der Waals surface area (Å²) in [5.74, 6) is 0.907. The van der Waals surface area contributed by atoms with Crippen molar-refractivity contribution in [3.63, 3.8) is 0 Å². The number of aryl methyl sites for hydroxylation is 2. The Morgan fingerprint density at radius 2 is 1.83 bits per heavy atom. The number of benzene rings is 2. The first kappa shape index (κ1) is 15.0. The molecular weight excluding hydrogens is 296 g/mol. The van der Waals surface area contributed by atoms with Gasteiger partial charge in [-0.1, -0.05) is 48.5 Å². The number of nitrogens with zero attached hydrogens (tertiary/aromatic N) is 2. The molecule has 2 aromatic carbocycles. The second-order valence-corrected chi connectivity index (χ2v) is 6.46. The van der Waals surface area contributed by atoms with E-state index in [1.807, 2.05) is 6.07 Å². The van der Waals surface area contributed by atoms with Gasteiger partial charge in [0.2, 0.25) is 0 Å². The number of rotatable bonds is 5. The third kappa shape index (κ3) is 3.07. The lowest BCUT2D eigenvalue weighted by atomic mass is 10.1.